The SMILES string of the molecule is CCCN(CC(=O)O)C(=O)c1ccc2c(c1)C(=O)N(CCc1ccccc1)C2=O. The smallest absolute Gasteiger partial charge is 0.323 e. The highest BCUT2D eigenvalue weighted by Gasteiger charge is 2.36. The fourth-order valence-corrected chi connectivity index (χ4v) is 3.38. The molecule has 0 aromatic heterocycles. The minimum atomic E-state index is -1.11. The van der Waals surface area contributed by atoms with Gasteiger partial charge < -0.3 is 10.0 Å². The van der Waals surface area contributed by atoms with E-state index in [4.69, 9.17) is 5.11 Å². The molecular formula is C22H22N2O5. The van der Waals surface area contributed by atoms with Gasteiger partial charge in [0.05, 0.1) is 11.1 Å². The molecule has 0 fully saturated rings. The van der Waals surface area contributed by atoms with Crippen molar-refractivity contribution in [2.75, 3.05) is 19.6 Å². The molecule has 0 saturated carbocycles. The van der Waals surface area contributed by atoms with Crippen molar-refractivity contribution < 1.29 is 24.3 Å². The quantitative estimate of drug-likeness (QED) is 0.694. The maximum Gasteiger partial charge on any atom is 0.323 e. The van der Waals surface area contributed by atoms with Gasteiger partial charge in [-0.3, -0.25) is 24.1 Å². The molecule has 150 valence electrons. The molecule has 7 heteroatoms. The molecule has 2 aromatic carbocycles. The van der Waals surface area contributed by atoms with Crippen LogP contribution in [0.1, 0.15) is 50.0 Å². The van der Waals surface area contributed by atoms with Gasteiger partial charge in [-0.1, -0.05) is 37.3 Å². The molecule has 0 saturated heterocycles. The van der Waals surface area contributed by atoms with E-state index in [1.807, 2.05) is 37.3 Å². The van der Waals surface area contributed by atoms with Crippen molar-refractivity contribution in [3.8, 4) is 0 Å². The van der Waals surface area contributed by atoms with Gasteiger partial charge in [-0.15, -0.1) is 0 Å². The number of rotatable bonds is 8. The summed E-state index contributed by atoms with van der Waals surface area (Å²) in [7, 11) is 0. The van der Waals surface area contributed by atoms with Crippen molar-refractivity contribution in [2.24, 2.45) is 0 Å². The second-order valence-corrected chi connectivity index (χ2v) is 6.88. The molecule has 0 bridgehead atoms. The maximum absolute atomic E-state index is 12.8. The van der Waals surface area contributed by atoms with Crippen LogP contribution in [0.5, 0.6) is 0 Å². The molecule has 1 aliphatic rings. The summed E-state index contributed by atoms with van der Waals surface area (Å²) < 4.78 is 0. The minimum Gasteiger partial charge on any atom is -0.480 e. The lowest BCUT2D eigenvalue weighted by Crippen LogP contribution is -2.36. The number of imide groups is 1. The van der Waals surface area contributed by atoms with Crippen LogP contribution in [0.4, 0.5) is 0 Å². The minimum absolute atomic E-state index is 0.181. The van der Waals surface area contributed by atoms with E-state index in [0.717, 1.165) is 5.56 Å². The molecule has 7 nitrogen and oxygen atoms in total. The van der Waals surface area contributed by atoms with E-state index in [-0.39, 0.29) is 35.7 Å². The molecule has 0 spiro atoms. The monoisotopic (exact) mass is 394 g/mol. The Morgan fingerprint density at radius 3 is 2.34 bits per heavy atom. The number of hydrogen-bond donors (Lipinski definition) is 1. The van der Waals surface area contributed by atoms with Gasteiger partial charge in [0.2, 0.25) is 0 Å². The first-order valence-corrected chi connectivity index (χ1v) is 9.47. The Hall–Kier alpha value is -3.48. The largest absolute Gasteiger partial charge is 0.480 e. The molecule has 1 N–H and O–H groups in total. The summed E-state index contributed by atoms with van der Waals surface area (Å²) in [5, 5.41) is 9.03. The van der Waals surface area contributed by atoms with Crippen molar-refractivity contribution in [1.82, 2.24) is 9.80 Å². The van der Waals surface area contributed by atoms with E-state index >= 15 is 0 Å². The highest BCUT2D eigenvalue weighted by atomic mass is 16.4. The van der Waals surface area contributed by atoms with Crippen LogP contribution < -0.4 is 0 Å². The Morgan fingerprint density at radius 1 is 1.00 bits per heavy atom. The molecule has 1 heterocycles. The molecule has 29 heavy (non-hydrogen) atoms. The van der Waals surface area contributed by atoms with Crippen LogP contribution in [0.3, 0.4) is 0 Å². The summed E-state index contributed by atoms with van der Waals surface area (Å²) >= 11 is 0. The summed E-state index contributed by atoms with van der Waals surface area (Å²) in [5.74, 6) is -2.39. The van der Waals surface area contributed by atoms with Gasteiger partial charge >= 0.3 is 5.97 Å². The van der Waals surface area contributed by atoms with Crippen LogP contribution in [-0.2, 0) is 11.2 Å². The zero-order valence-electron chi connectivity index (χ0n) is 16.1. The van der Waals surface area contributed by atoms with E-state index in [2.05, 4.69) is 0 Å². The number of carbonyl (C=O) groups is 4. The van der Waals surface area contributed by atoms with E-state index in [0.29, 0.717) is 12.8 Å². The number of amides is 3. The van der Waals surface area contributed by atoms with Gasteiger partial charge in [-0.05, 0) is 36.6 Å². The molecule has 2 aromatic rings. The van der Waals surface area contributed by atoms with Gasteiger partial charge in [0.25, 0.3) is 17.7 Å². The molecule has 0 aliphatic carbocycles. The lowest BCUT2D eigenvalue weighted by atomic mass is 10.0. The van der Waals surface area contributed by atoms with E-state index < -0.39 is 24.3 Å². The summed E-state index contributed by atoms with van der Waals surface area (Å²) in [6.07, 6.45) is 1.15. The van der Waals surface area contributed by atoms with Crippen molar-refractivity contribution in [3.05, 3.63) is 70.8 Å². The number of carbonyl (C=O) groups excluding carboxylic acids is 3. The van der Waals surface area contributed by atoms with Crippen LogP contribution in [0.2, 0.25) is 0 Å². The highest BCUT2D eigenvalue weighted by molar-refractivity contribution is 6.22. The fraction of sp³-hybridized carbons (Fsp3) is 0.273. The van der Waals surface area contributed by atoms with Gasteiger partial charge in [0, 0.05) is 18.7 Å². The number of hydrogen-bond acceptors (Lipinski definition) is 4. The molecule has 1 aliphatic heterocycles. The normalized spacial score (nSPS) is 12.8. The Bertz CT molecular complexity index is 955. The molecule has 0 radical (unpaired) electrons. The summed E-state index contributed by atoms with van der Waals surface area (Å²) in [4.78, 5) is 51.5. The van der Waals surface area contributed by atoms with Gasteiger partial charge in [-0.25, -0.2) is 0 Å². The Labute approximate surface area is 168 Å². The lowest BCUT2D eigenvalue weighted by Gasteiger charge is -2.20. The predicted molar refractivity (Wildman–Crippen MR) is 106 cm³/mol. The van der Waals surface area contributed by atoms with Crippen molar-refractivity contribution in [3.63, 3.8) is 0 Å². The number of aliphatic carboxylic acids is 1. The van der Waals surface area contributed by atoms with Crippen molar-refractivity contribution >= 4 is 23.7 Å². The van der Waals surface area contributed by atoms with Gasteiger partial charge in [-0.2, -0.15) is 0 Å². The van der Waals surface area contributed by atoms with Crippen LogP contribution in [0.25, 0.3) is 0 Å². The fourth-order valence-electron chi connectivity index (χ4n) is 3.38. The zero-order chi connectivity index (χ0) is 21.0. The third kappa shape index (κ3) is 4.34. The van der Waals surface area contributed by atoms with Crippen LogP contribution >= 0.6 is 0 Å². The summed E-state index contributed by atoms with van der Waals surface area (Å²) in [6, 6.07) is 13.9. The zero-order valence-corrected chi connectivity index (χ0v) is 16.1. The number of fused-ring (bicyclic) bond motifs is 1. The summed E-state index contributed by atoms with van der Waals surface area (Å²) in [6.45, 7) is 1.97. The Balaban J connectivity index is 1.79. The number of carboxylic acid groups (broad SMARTS) is 1. The first-order valence-electron chi connectivity index (χ1n) is 9.47. The second-order valence-electron chi connectivity index (χ2n) is 6.88. The Kier molecular flexibility index (Phi) is 6.07. The molecule has 0 atom stereocenters. The van der Waals surface area contributed by atoms with E-state index in [1.54, 1.807) is 0 Å². The third-order valence-corrected chi connectivity index (χ3v) is 4.79. The van der Waals surface area contributed by atoms with Gasteiger partial charge in [0.15, 0.2) is 0 Å². The standard InChI is InChI=1S/C22H22N2O5/c1-2-11-23(14-19(25)26)20(27)16-8-9-17-18(13-16)22(29)24(21(17)28)12-10-15-6-4-3-5-7-15/h3-9,13H,2,10-12,14H2,1H3,(H,25,26). The van der Waals surface area contributed by atoms with Crippen molar-refractivity contribution in [1.29, 1.82) is 0 Å². The first kappa shape index (κ1) is 20.3. The number of benzene rings is 2. The molecule has 0 unspecified atom stereocenters. The van der Waals surface area contributed by atoms with Crippen LogP contribution in [-0.4, -0.2) is 58.2 Å². The second kappa shape index (κ2) is 8.68. The number of carboxylic acids is 1. The van der Waals surface area contributed by atoms with E-state index in [9.17, 15) is 19.2 Å². The number of nitrogens with zero attached hydrogens (tertiary/aromatic N) is 2. The van der Waals surface area contributed by atoms with Crippen LogP contribution in [0.15, 0.2) is 48.5 Å². The maximum atomic E-state index is 12.8. The van der Waals surface area contributed by atoms with E-state index in [1.165, 1.54) is 28.0 Å². The molecule has 3 amide bonds. The van der Waals surface area contributed by atoms with Crippen LogP contribution in [0, 0.1) is 0 Å². The Morgan fingerprint density at radius 2 is 1.69 bits per heavy atom. The topological polar surface area (TPSA) is 95.0 Å². The van der Waals surface area contributed by atoms with Gasteiger partial charge in [0.1, 0.15) is 6.54 Å². The third-order valence-electron chi connectivity index (χ3n) is 4.79. The average molecular weight is 394 g/mol. The predicted octanol–water partition coefficient (Wildman–Crippen LogP) is 2.46. The van der Waals surface area contributed by atoms with Crippen molar-refractivity contribution in [2.45, 2.75) is 19.8 Å². The lowest BCUT2D eigenvalue weighted by molar-refractivity contribution is -0.137. The average Bonchev–Trinajstić information content (AvgIpc) is 2.95. The molecular weight excluding hydrogens is 372 g/mol. The summed E-state index contributed by atoms with van der Waals surface area (Å²) in [5.41, 5.74) is 1.66. The first-order chi connectivity index (χ1) is 13.9. The molecule has 3 rings (SSSR count). The highest BCUT2D eigenvalue weighted by Crippen LogP contribution is 2.25.